The Morgan fingerprint density at radius 1 is 1.67 bits per heavy atom. The number of halogens is 2. The molecule has 2 rings (SSSR count). The molecule has 1 aromatic rings. The first-order valence-electron chi connectivity index (χ1n) is 5.83. The van der Waals surface area contributed by atoms with E-state index in [2.05, 4.69) is 10.3 Å². The minimum atomic E-state index is -0.578. The van der Waals surface area contributed by atoms with Gasteiger partial charge in [0.1, 0.15) is 11.0 Å². The van der Waals surface area contributed by atoms with Crippen LogP contribution in [0.25, 0.3) is 0 Å². The number of nitrogens with one attached hydrogen (secondary N) is 1. The molecule has 4 nitrogen and oxygen atoms in total. The quantitative estimate of drug-likeness (QED) is 0.855. The van der Waals surface area contributed by atoms with E-state index in [4.69, 9.17) is 16.3 Å². The van der Waals surface area contributed by atoms with Crippen molar-refractivity contribution in [3.05, 3.63) is 28.8 Å². The molecule has 1 aliphatic rings. The highest BCUT2D eigenvalue weighted by molar-refractivity contribution is 6.32. The van der Waals surface area contributed by atoms with Gasteiger partial charge in [0, 0.05) is 12.6 Å². The maximum Gasteiger partial charge on any atom is 0.254 e. The predicted octanol–water partition coefficient (Wildman–Crippen LogP) is 2.17. The molecule has 1 saturated carbocycles. The number of nitrogens with zero attached hydrogens (tertiary/aromatic N) is 1. The summed E-state index contributed by atoms with van der Waals surface area (Å²) in [7, 11) is 0. The minimum Gasteiger partial charge on any atom is -0.378 e. The highest BCUT2D eigenvalue weighted by atomic mass is 35.5. The zero-order valence-electron chi connectivity index (χ0n) is 9.95. The predicted molar refractivity (Wildman–Crippen MR) is 65.1 cm³/mol. The van der Waals surface area contributed by atoms with E-state index in [0.717, 1.165) is 25.1 Å². The molecule has 0 saturated heterocycles. The summed E-state index contributed by atoms with van der Waals surface area (Å²) < 4.78 is 18.4. The average molecular weight is 273 g/mol. The van der Waals surface area contributed by atoms with Crippen molar-refractivity contribution >= 4 is 17.5 Å². The van der Waals surface area contributed by atoms with Crippen LogP contribution in [-0.2, 0) is 4.74 Å². The van der Waals surface area contributed by atoms with Gasteiger partial charge in [-0.25, -0.2) is 9.37 Å². The number of carbonyl (C=O) groups excluding carboxylic acids is 1. The second-order valence-corrected chi connectivity index (χ2v) is 4.57. The Labute approximate surface area is 109 Å². The molecule has 6 heteroatoms. The molecule has 0 aliphatic heterocycles. The van der Waals surface area contributed by atoms with Gasteiger partial charge in [-0.05, 0) is 25.8 Å². The van der Waals surface area contributed by atoms with Gasteiger partial charge in [0.05, 0.1) is 17.9 Å². The lowest BCUT2D eigenvalue weighted by Crippen LogP contribution is -2.47. The summed E-state index contributed by atoms with van der Waals surface area (Å²) in [5.41, 5.74) is 0.0662. The summed E-state index contributed by atoms with van der Waals surface area (Å²) in [5.74, 6) is -0.975. The molecular weight excluding hydrogens is 259 g/mol. The number of pyridine rings is 1. The summed E-state index contributed by atoms with van der Waals surface area (Å²) in [6.45, 7) is 2.61. The van der Waals surface area contributed by atoms with Gasteiger partial charge >= 0.3 is 0 Å². The Morgan fingerprint density at radius 3 is 3.06 bits per heavy atom. The molecule has 1 amide bonds. The molecule has 0 bridgehead atoms. The zero-order valence-corrected chi connectivity index (χ0v) is 10.7. The summed E-state index contributed by atoms with van der Waals surface area (Å²) in [5, 5.41) is 2.79. The SMILES string of the molecule is CCOC1CC(NC(=O)c2cc(F)cnc2Cl)C1. The maximum absolute atomic E-state index is 13.0. The summed E-state index contributed by atoms with van der Waals surface area (Å²) in [4.78, 5) is 15.4. The van der Waals surface area contributed by atoms with Crippen LogP contribution in [0.2, 0.25) is 5.15 Å². The monoisotopic (exact) mass is 272 g/mol. The van der Waals surface area contributed by atoms with Crippen LogP contribution in [0.3, 0.4) is 0 Å². The number of rotatable bonds is 4. The van der Waals surface area contributed by atoms with Crippen LogP contribution in [0.1, 0.15) is 30.1 Å². The second kappa shape index (κ2) is 5.63. The van der Waals surface area contributed by atoms with Crippen molar-refractivity contribution in [2.45, 2.75) is 31.9 Å². The van der Waals surface area contributed by atoms with Crippen LogP contribution in [0.4, 0.5) is 4.39 Å². The van der Waals surface area contributed by atoms with Gasteiger partial charge in [-0.3, -0.25) is 4.79 Å². The zero-order chi connectivity index (χ0) is 13.1. The molecule has 0 unspecified atom stereocenters. The van der Waals surface area contributed by atoms with Crippen LogP contribution in [0.15, 0.2) is 12.3 Å². The Kier molecular flexibility index (Phi) is 4.14. The summed E-state index contributed by atoms with van der Waals surface area (Å²) in [6.07, 6.45) is 2.74. The van der Waals surface area contributed by atoms with E-state index in [-0.39, 0.29) is 22.9 Å². The molecule has 1 aliphatic carbocycles. The Hall–Kier alpha value is -1.20. The van der Waals surface area contributed by atoms with Crippen molar-refractivity contribution in [3.8, 4) is 0 Å². The molecule has 0 radical (unpaired) electrons. The number of carbonyl (C=O) groups is 1. The van der Waals surface area contributed by atoms with E-state index in [1.54, 1.807) is 0 Å². The highest BCUT2D eigenvalue weighted by Crippen LogP contribution is 2.24. The van der Waals surface area contributed by atoms with Crippen LogP contribution >= 0.6 is 11.6 Å². The van der Waals surface area contributed by atoms with Crippen molar-refractivity contribution in [1.29, 1.82) is 0 Å². The minimum absolute atomic E-state index is 0.00887. The average Bonchev–Trinajstić information content (AvgIpc) is 2.29. The first-order chi connectivity index (χ1) is 8.60. The fourth-order valence-electron chi connectivity index (χ4n) is 1.90. The first-order valence-corrected chi connectivity index (χ1v) is 6.21. The van der Waals surface area contributed by atoms with Gasteiger partial charge in [0.2, 0.25) is 0 Å². The van der Waals surface area contributed by atoms with Crippen LogP contribution < -0.4 is 5.32 Å². The van der Waals surface area contributed by atoms with E-state index >= 15 is 0 Å². The van der Waals surface area contributed by atoms with Gasteiger partial charge in [-0.15, -0.1) is 0 Å². The fourth-order valence-corrected chi connectivity index (χ4v) is 2.09. The highest BCUT2D eigenvalue weighted by Gasteiger charge is 2.31. The number of hydrogen-bond donors (Lipinski definition) is 1. The lowest BCUT2D eigenvalue weighted by Gasteiger charge is -2.35. The molecular formula is C12H14ClFN2O2. The molecule has 1 heterocycles. The molecule has 1 aromatic heterocycles. The number of hydrogen-bond acceptors (Lipinski definition) is 3. The largest absolute Gasteiger partial charge is 0.378 e. The van der Waals surface area contributed by atoms with Crippen LogP contribution in [0.5, 0.6) is 0 Å². The van der Waals surface area contributed by atoms with Gasteiger partial charge in [-0.2, -0.15) is 0 Å². The Morgan fingerprint density at radius 2 is 2.39 bits per heavy atom. The number of aromatic nitrogens is 1. The van der Waals surface area contributed by atoms with Crippen molar-refractivity contribution in [2.75, 3.05) is 6.61 Å². The van der Waals surface area contributed by atoms with Gasteiger partial charge < -0.3 is 10.1 Å². The van der Waals surface area contributed by atoms with Crippen molar-refractivity contribution in [3.63, 3.8) is 0 Å². The molecule has 0 atom stereocenters. The lowest BCUT2D eigenvalue weighted by atomic mass is 9.89. The smallest absolute Gasteiger partial charge is 0.254 e. The van der Waals surface area contributed by atoms with Gasteiger partial charge in [0.25, 0.3) is 5.91 Å². The van der Waals surface area contributed by atoms with Crippen LogP contribution in [-0.4, -0.2) is 29.6 Å². The first kappa shape index (κ1) is 13.2. The number of ether oxygens (including phenoxy) is 1. The Balaban J connectivity index is 1.91. The van der Waals surface area contributed by atoms with E-state index in [1.165, 1.54) is 0 Å². The summed E-state index contributed by atoms with van der Waals surface area (Å²) in [6, 6.07) is 1.15. The van der Waals surface area contributed by atoms with E-state index < -0.39 is 11.7 Å². The van der Waals surface area contributed by atoms with E-state index in [1.807, 2.05) is 6.92 Å². The van der Waals surface area contributed by atoms with Crippen LogP contribution in [0, 0.1) is 5.82 Å². The third-order valence-electron chi connectivity index (χ3n) is 2.88. The lowest BCUT2D eigenvalue weighted by molar-refractivity contribution is -0.00863. The molecule has 1 N–H and O–H groups in total. The molecule has 0 aromatic carbocycles. The third kappa shape index (κ3) is 2.97. The molecule has 18 heavy (non-hydrogen) atoms. The number of amides is 1. The third-order valence-corrected chi connectivity index (χ3v) is 3.18. The fraction of sp³-hybridized carbons (Fsp3) is 0.500. The molecule has 98 valence electrons. The van der Waals surface area contributed by atoms with Gasteiger partial charge in [0.15, 0.2) is 0 Å². The Bertz CT molecular complexity index is 450. The van der Waals surface area contributed by atoms with E-state index in [0.29, 0.717) is 6.61 Å². The standard InChI is InChI=1S/C12H14ClFN2O2/c1-2-18-9-4-8(5-9)16-12(17)10-3-7(14)6-15-11(10)13/h3,6,8-9H,2,4-5H2,1H3,(H,16,17). The van der Waals surface area contributed by atoms with Crippen molar-refractivity contribution < 1.29 is 13.9 Å². The maximum atomic E-state index is 13.0. The summed E-state index contributed by atoms with van der Waals surface area (Å²) >= 11 is 5.75. The normalized spacial score (nSPS) is 22.4. The van der Waals surface area contributed by atoms with Gasteiger partial charge in [-0.1, -0.05) is 11.6 Å². The van der Waals surface area contributed by atoms with Crippen molar-refractivity contribution in [1.82, 2.24) is 10.3 Å². The molecule has 1 fully saturated rings. The second-order valence-electron chi connectivity index (χ2n) is 4.21. The van der Waals surface area contributed by atoms with Crippen molar-refractivity contribution in [2.24, 2.45) is 0 Å². The topological polar surface area (TPSA) is 51.2 Å². The van der Waals surface area contributed by atoms with E-state index in [9.17, 15) is 9.18 Å². The molecule has 0 spiro atoms.